The van der Waals surface area contributed by atoms with E-state index in [1.165, 1.54) is 5.01 Å². The lowest BCUT2D eigenvalue weighted by Crippen LogP contribution is -2.67. The number of esters is 1. The Hall–Kier alpha value is -5.63. The van der Waals surface area contributed by atoms with E-state index in [9.17, 15) is 24.3 Å². The molecule has 0 unspecified atom stereocenters. The van der Waals surface area contributed by atoms with Gasteiger partial charge < -0.3 is 34.1 Å². The highest BCUT2D eigenvalue weighted by molar-refractivity contribution is 5.96. The third kappa shape index (κ3) is 11.7. The van der Waals surface area contributed by atoms with Crippen molar-refractivity contribution in [2.45, 2.75) is 137 Å². The molecule has 15 heteroatoms. The maximum absolute atomic E-state index is 14.7. The lowest BCUT2D eigenvalue weighted by molar-refractivity contribution is -0.189. The first-order valence-electron chi connectivity index (χ1n) is 25.2. The Balaban J connectivity index is 1.20. The van der Waals surface area contributed by atoms with Crippen molar-refractivity contribution < 1.29 is 38.5 Å². The van der Waals surface area contributed by atoms with Crippen molar-refractivity contribution in [1.82, 2.24) is 35.1 Å². The number of carbonyl (C=O) groups is 4. The number of nitrogens with zero attached hydrogens (tertiary/aromatic N) is 5. The van der Waals surface area contributed by atoms with E-state index in [1.54, 1.807) is 18.2 Å². The summed E-state index contributed by atoms with van der Waals surface area (Å²) in [5, 5.41) is 17.3. The number of hydrogen-bond donors (Lipinski definition) is 3. The molecule has 4 aromatic rings. The van der Waals surface area contributed by atoms with Crippen LogP contribution >= 0.6 is 0 Å². The molecule has 0 spiro atoms. The lowest BCUT2D eigenvalue weighted by atomic mass is 9.84. The molecule has 3 aliphatic heterocycles. The fraction of sp³-hybridized carbons (Fsp3) is 0.554. The third-order valence-corrected chi connectivity index (χ3v) is 14.6. The quantitative estimate of drug-likeness (QED) is 0.102. The highest BCUT2D eigenvalue weighted by atomic mass is 16.6. The first kappa shape index (κ1) is 53.2. The van der Waals surface area contributed by atoms with E-state index in [2.05, 4.69) is 83.2 Å². The Morgan fingerprint density at radius 1 is 1.06 bits per heavy atom. The van der Waals surface area contributed by atoms with E-state index in [0.29, 0.717) is 32.5 Å². The van der Waals surface area contributed by atoms with Crippen molar-refractivity contribution in [2.75, 3.05) is 47.0 Å². The van der Waals surface area contributed by atoms with Gasteiger partial charge in [0.1, 0.15) is 6.04 Å². The number of aromatic nitrogens is 2. The molecule has 2 aromatic carbocycles. The van der Waals surface area contributed by atoms with Crippen LogP contribution in [0.4, 0.5) is 0 Å². The van der Waals surface area contributed by atoms with Gasteiger partial charge in [0.15, 0.2) is 0 Å². The number of carbonyl (C=O) groups excluding carboxylic acids is 4. The number of cyclic esters (lactones) is 1. The maximum atomic E-state index is 14.7. The molecule has 5 heterocycles. The molecule has 0 radical (unpaired) electrons. The molecule has 4 atom stereocenters. The van der Waals surface area contributed by atoms with Crippen LogP contribution in [-0.2, 0) is 52.8 Å². The average molecular weight is 974 g/mol. The molecular formula is C56H75N7O8. The van der Waals surface area contributed by atoms with Crippen LogP contribution < -0.4 is 10.7 Å². The van der Waals surface area contributed by atoms with Crippen LogP contribution in [0.3, 0.4) is 0 Å². The van der Waals surface area contributed by atoms with Crippen molar-refractivity contribution in [3.05, 3.63) is 77.6 Å². The van der Waals surface area contributed by atoms with Gasteiger partial charge in [-0.2, -0.15) is 5.43 Å². The Kier molecular flexibility index (Phi) is 16.2. The van der Waals surface area contributed by atoms with Crippen LogP contribution in [-0.4, -0.2) is 130 Å². The number of hydrogen-bond acceptors (Lipinski definition) is 11. The fourth-order valence-electron chi connectivity index (χ4n) is 9.84. The summed E-state index contributed by atoms with van der Waals surface area (Å²) in [5.74, 6) is 3.11. The predicted octanol–water partition coefficient (Wildman–Crippen LogP) is 6.69. The van der Waals surface area contributed by atoms with Crippen LogP contribution in [0.15, 0.2) is 60.8 Å². The zero-order valence-corrected chi connectivity index (χ0v) is 43.8. The zero-order valence-electron chi connectivity index (χ0n) is 43.8. The summed E-state index contributed by atoms with van der Waals surface area (Å²) in [5.41, 5.74) is 7.14. The number of nitrogens with one attached hydrogen (secondary N) is 2. The minimum Gasteiger partial charge on any atom is -0.462 e. The standard InChI is InChI=1S/C56H75N7O8/c1-13-62-47-21-20-40-29-43(47)44(50(62)42-19-15-25-57-49(42)37(6)69-12)30-54(7,8)34-71-53(67)56(68)23-16-26-63(59-56)52(66)46(28-38-17-14-18-39(40)27-38)58-51(65)45(35(2)3)33-70-41-31-61(32-41)48(64)22-24-55(9,10)60(11)36(4)5/h14-15,17-21,25,27,29,35-37,41,45-46,59,68H,13,16,23,26,28,30-34H2,1-12H3,(H,58,65)/t37-,45-,46-,56-/m0/s1. The van der Waals surface area contributed by atoms with Gasteiger partial charge in [-0.25, -0.2) is 4.79 Å². The molecule has 3 amide bonds. The Labute approximate surface area is 419 Å². The Bertz CT molecular complexity index is 2680. The summed E-state index contributed by atoms with van der Waals surface area (Å²) in [6.07, 6.45) is 2.20. The molecule has 2 saturated heterocycles. The number of hydrazine groups is 1. The highest BCUT2D eigenvalue weighted by Crippen LogP contribution is 2.42. The summed E-state index contributed by atoms with van der Waals surface area (Å²) >= 11 is 0. The lowest BCUT2D eigenvalue weighted by Gasteiger charge is -2.40. The highest BCUT2D eigenvalue weighted by Gasteiger charge is 2.45. The Morgan fingerprint density at radius 2 is 1.79 bits per heavy atom. The molecule has 3 aliphatic rings. The summed E-state index contributed by atoms with van der Waals surface area (Å²) < 4.78 is 20.4. The second-order valence-electron chi connectivity index (χ2n) is 21.6. The number of fused-ring (bicyclic) bond motifs is 6. The van der Waals surface area contributed by atoms with Gasteiger partial charge in [0.05, 0.1) is 48.3 Å². The second kappa shape index (κ2) is 21.6. The fourth-order valence-corrected chi connectivity index (χ4v) is 9.84. The van der Waals surface area contributed by atoms with Gasteiger partial charge in [0.25, 0.3) is 11.8 Å². The van der Waals surface area contributed by atoms with Gasteiger partial charge >= 0.3 is 5.97 Å². The first-order valence-corrected chi connectivity index (χ1v) is 25.2. The monoisotopic (exact) mass is 974 g/mol. The molecule has 3 N–H and O–H groups in total. The number of aryl methyl sites for hydroxylation is 1. The summed E-state index contributed by atoms with van der Waals surface area (Å²) in [4.78, 5) is 64.7. The smallest absolute Gasteiger partial charge is 0.355 e. The molecule has 382 valence electrons. The number of aliphatic hydroxyl groups is 1. The van der Waals surface area contributed by atoms with Crippen LogP contribution in [0, 0.1) is 29.1 Å². The van der Waals surface area contributed by atoms with Crippen LogP contribution in [0.1, 0.15) is 105 Å². The molecule has 71 heavy (non-hydrogen) atoms. The summed E-state index contributed by atoms with van der Waals surface area (Å²) in [6.45, 7) is 21.8. The first-order chi connectivity index (χ1) is 33.6. The number of benzene rings is 2. The van der Waals surface area contributed by atoms with E-state index in [4.69, 9.17) is 19.2 Å². The van der Waals surface area contributed by atoms with Crippen molar-refractivity contribution in [1.29, 1.82) is 0 Å². The molecule has 0 saturated carbocycles. The van der Waals surface area contributed by atoms with Crippen LogP contribution in [0.5, 0.6) is 0 Å². The number of amides is 3. The number of methoxy groups -OCH3 is 1. The molecule has 2 aromatic heterocycles. The third-order valence-electron chi connectivity index (χ3n) is 14.6. The average Bonchev–Trinajstić information content (AvgIpc) is 3.62. The maximum Gasteiger partial charge on any atom is 0.355 e. The number of pyridine rings is 1. The van der Waals surface area contributed by atoms with Gasteiger partial charge in [-0.1, -0.05) is 63.9 Å². The molecule has 15 nitrogen and oxygen atoms in total. The SMILES string of the molecule is CCn1c(-c2cccnc2[C@H](C)OC)c2c3cc(ccc31)-c1cccc(c1)C[C@H](NC(=O)[C@@H](COC1CN(C(=O)C#CC(C)(C)N(C)C(C)C)C1)C(C)C)C(=O)N1CCC[C@@](O)(N1)C(=O)OCC(C)(C)C2. The predicted molar refractivity (Wildman–Crippen MR) is 274 cm³/mol. The zero-order chi connectivity index (χ0) is 51.6. The topological polar surface area (TPSA) is 168 Å². The van der Waals surface area contributed by atoms with Gasteiger partial charge in [-0.05, 0) is 120 Å². The van der Waals surface area contributed by atoms with Crippen LogP contribution in [0.25, 0.3) is 33.3 Å². The van der Waals surface area contributed by atoms with E-state index < -0.39 is 40.5 Å². The number of rotatable bonds is 12. The summed E-state index contributed by atoms with van der Waals surface area (Å²) in [6, 6.07) is 17.7. The summed E-state index contributed by atoms with van der Waals surface area (Å²) in [7, 11) is 3.66. The van der Waals surface area contributed by atoms with Gasteiger partial charge in [-0.3, -0.25) is 29.3 Å². The minimum atomic E-state index is -2.19. The molecule has 6 bridgehead atoms. The van der Waals surface area contributed by atoms with E-state index in [0.717, 1.165) is 50.1 Å². The van der Waals surface area contributed by atoms with Crippen molar-refractivity contribution in [3.63, 3.8) is 0 Å². The van der Waals surface area contributed by atoms with Crippen LogP contribution in [0.2, 0.25) is 0 Å². The molecule has 2 fully saturated rings. The van der Waals surface area contributed by atoms with E-state index in [-0.39, 0.29) is 68.6 Å². The van der Waals surface area contributed by atoms with E-state index in [1.807, 2.05) is 79.8 Å². The van der Waals surface area contributed by atoms with Crippen molar-refractivity contribution >= 4 is 34.6 Å². The normalized spacial score (nSPS) is 20.8. The van der Waals surface area contributed by atoms with Crippen molar-refractivity contribution in [2.24, 2.45) is 17.3 Å². The second-order valence-corrected chi connectivity index (χ2v) is 21.6. The number of ether oxygens (including phenoxy) is 3. The van der Waals surface area contributed by atoms with Crippen molar-refractivity contribution in [3.8, 4) is 34.2 Å². The largest absolute Gasteiger partial charge is 0.462 e. The van der Waals surface area contributed by atoms with E-state index >= 15 is 0 Å². The van der Waals surface area contributed by atoms with Gasteiger partial charge in [-0.15, -0.1) is 0 Å². The minimum absolute atomic E-state index is 0.0183. The Morgan fingerprint density at radius 3 is 2.48 bits per heavy atom. The molecule has 7 rings (SSSR count). The van der Waals surface area contributed by atoms with Gasteiger partial charge in [0.2, 0.25) is 11.6 Å². The van der Waals surface area contributed by atoms with Gasteiger partial charge in [0, 0.05) is 80.3 Å². The number of likely N-dealkylation sites (tertiary alicyclic amines) is 1. The molecular weight excluding hydrogens is 899 g/mol. The molecule has 0 aliphatic carbocycles.